The Bertz CT molecular complexity index is 597. The van der Waals surface area contributed by atoms with Gasteiger partial charge in [-0.3, -0.25) is 9.48 Å². The normalized spacial score (nSPS) is 10.6. The minimum atomic E-state index is -0.616. The van der Waals surface area contributed by atoms with Gasteiger partial charge in [0.05, 0.1) is 18.2 Å². The van der Waals surface area contributed by atoms with Crippen molar-refractivity contribution in [3.05, 3.63) is 28.2 Å². The third-order valence-electron chi connectivity index (χ3n) is 2.28. The zero-order valence-electron chi connectivity index (χ0n) is 8.98. The van der Waals surface area contributed by atoms with E-state index in [0.29, 0.717) is 11.0 Å². The molecule has 0 aliphatic heterocycles. The number of pyridine rings is 1. The molecule has 0 radical (unpaired) electrons. The van der Waals surface area contributed by atoms with E-state index in [-0.39, 0.29) is 17.6 Å². The summed E-state index contributed by atoms with van der Waals surface area (Å²) >= 11 is 0. The average molecular weight is 221 g/mol. The topological polar surface area (TPSA) is 77.0 Å². The highest BCUT2D eigenvalue weighted by molar-refractivity contribution is 5.92. The molecule has 0 aliphatic rings. The van der Waals surface area contributed by atoms with Gasteiger partial charge < -0.3 is 9.72 Å². The third-order valence-corrected chi connectivity index (χ3v) is 2.28. The van der Waals surface area contributed by atoms with Crippen LogP contribution in [0.2, 0.25) is 0 Å². The van der Waals surface area contributed by atoms with E-state index in [1.54, 1.807) is 14.0 Å². The lowest BCUT2D eigenvalue weighted by Crippen LogP contribution is -2.17. The van der Waals surface area contributed by atoms with Crippen molar-refractivity contribution in [2.24, 2.45) is 7.05 Å². The van der Waals surface area contributed by atoms with Gasteiger partial charge in [-0.2, -0.15) is 5.10 Å². The van der Waals surface area contributed by atoms with Crippen molar-refractivity contribution in [3.8, 4) is 0 Å². The molecule has 0 saturated carbocycles. The van der Waals surface area contributed by atoms with Gasteiger partial charge in [0.15, 0.2) is 0 Å². The van der Waals surface area contributed by atoms with Crippen molar-refractivity contribution in [2.75, 3.05) is 6.61 Å². The number of rotatable bonds is 2. The van der Waals surface area contributed by atoms with E-state index in [9.17, 15) is 9.59 Å². The Kier molecular flexibility index (Phi) is 2.47. The number of aromatic amines is 1. The van der Waals surface area contributed by atoms with Gasteiger partial charge in [0.1, 0.15) is 11.2 Å². The number of fused-ring (bicyclic) bond motifs is 1. The third kappa shape index (κ3) is 1.48. The number of ether oxygens (including phenoxy) is 1. The Labute approximate surface area is 90.8 Å². The Morgan fingerprint density at radius 3 is 3.06 bits per heavy atom. The zero-order chi connectivity index (χ0) is 11.7. The molecule has 0 amide bonds. The van der Waals surface area contributed by atoms with Crippen LogP contribution in [0.5, 0.6) is 0 Å². The van der Waals surface area contributed by atoms with Gasteiger partial charge in [-0.25, -0.2) is 4.79 Å². The Hall–Kier alpha value is -2.11. The summed E-state index contributed by atoms with van der Waals surface area (Å²) in [6.07, 6.45) is 2.78. The van der Waals surface area contributed by atoms with Crippen LogP contribution in [-0.2, 0) is 11.8 Å². The molecule has 2 aromatic rings. The average Bonchev–Trinajstić information content (AvgIpc) is 2.62. The molecular formula is C10H11N3O3. The molecule has 6 nitrogen and oxygen atoms in total. The van der Waals surface area contributed by atoms with Crippen LogP contribution in [0.1, 0.15) is 17.3 Å². The number of hydrogen-bond donors (Lipinski definition) is 1. The second-order valence-electron chi connectivity index (χ2n) is 3.28. The van der Waals surface area contributed by atoms with Crippen LogP contribution >= 0.6 is 0 Å². The number of aryl methyl sites for hydroxylation is 1. The second kappa shape index (κ2) is 3.80. The number of nitrogens with zero attached hydrogens (tertiary/aromatic N) is 2. The van der Waals surface area contributed by atoms with Crippen LogP contribution in [0, 0.1) is 0 Å². The fourth-order valence-electron chi connectivity index (χ4n) is 1.49. The summed E-state index contributed by atoms with van der Waals surface area (Å²) in [5.41, 5.74) is 0.223. The van der Waals surface area contributed by atoms with E-state index >= 15 is 0 Å². The molecule has 0 fully saturated rings. The maximum atomic E-state index is 11.9. The molecule has 0 aromatic carbocycles. The van der Waals surface area contributed by atoms with Crippen molar-refractivity contribution in [2.45, 2.75) is 6.92 Å². The molecule has 2 heterocycles. The van der Waals surface area contributed by atoms with Crippen molar-refractivity contribution in [3.63, 3.8) is 0 Å². The standard InChI is InChI=1S/C10H11N3O3/c1-3-16-10(15)7-4-11-9-6(8(7)14)5-12-13(9)2/h4-5H,3H2,1-2H3,(H,11,14). The van der Waals surface area contributed by atoms with Crippen LogP contribution in [0.15, 0.2) is 17.2 Å². The van der Waals surface area contributed by atoms with Gasteiger partial charge in [-0.05, 0) is 6.92 Å². The Balaban J connectivity index is 2.61. The molecule has 84 valence electrons. The van der Waals surface area contributed by atoms with E-state index in [0.717, 1.165) is 0 Å². The first-order valence-corrected chi connectivity index (χ1v) is 4.85. The summed E-state index contributed by atoms with van der Waals surface area (Å²) in [5, 5.41) is 4.32. The van der Waals surface area contributed by atoms with Gasteiger partial charge in [0.25, 0.3) is 0 Å². The van der Waals surface area contributed by atoms with Crippen molar-refractivity contribution in [1.82, 2.24) is 14.8 Å². The number of aromatic nitrogens is 3. The zero-order valence-corrected chi connectivity index (χ0v) is 8.98. The van der Waals surface area contributed by atoms with E-state index < -0.39 is 5.97 Å². The Morgan fingerprint density at radius 1 is 1.62 bits per heavy atom. The van der Waals surface area contributed by atoms with Crippen LogP contribution in [0.4, 0.5) is 0 Å². The fourth-order valence-corrected chi connectivity index (χ4v) is 1.49. The highest BCUT2D eigenvalue weighted by Crippen LogP contribution is 2.06. The highest BCUT2D eigenvalue weighted by atomic mass is 16.5. The fraction of sp³-hybridized carbons (Fsp3) is 0.300. The summed E-state index contributed by atoms with van der Waals surface area (Å²) in [6, 6.07) is 0. The van der Waals surface area contributed by atoms with Crippen LogP contribution < -0.4 is 5.43 Å². The number of esters is 1. The molecular weight excluding hydrogens is 210 g/mol. The Morgan fingerprint density at radius 2 is 2.38 bits per heavy atom. The number of H-pyrrole nitrogens is 1. The molecule has 0 bridgehead atoms. The molecule has 16 heavy (non-hydrogen) atoms. The van der Waals surface area contributed by atoms with E-state index in [4.69, 9.17) is 4.74 Å². The smallest absolute Gasteiger partial charge is 0.343 e. The summed E-state index contributed by atoms with van der Waals surface area (Å²) in [4.78, 5) is 26.2. The predicted molar refractivity (Wildman–Crippen MR) is 57.3 cm³/mol. The van der Waals surface area contributed by atoms with Gasteiger partial charge in [-0.1, -0.05) is 0 Å². The van der Waals surface area contributed by atoms with Crippen molar-refractivity contribution >= 4 is 17.0 Å². The first-order valence-electron chi connectivity index (χ1n) is 4.85. The predicted octanol–water partition coefficient (Wildman–Crippen LogP) is 0.438. The van der Waals surface area contributed by atoms with Crippen molar-refractivity contribution < 1.29 is 9.53 Å². The second-order valence-corrected chi connectivity index (χ2v) is 3.28. The van der Waals surface area contributed by atoms with Crippen molar-refractivity contribution in [1.29, 1.82) is 0 Å². The van der Waals surface area contributed by atoms with Crippen LogP contribution in [0.25, 0.3) is 11.0 Å². The lowest BCUT2D eigenvalue weighted by Gasteiger charge is -2.01. The molecule has 0 atom stereocenters. The first kappa shape index (κ1) is 10.4. The lowest BCUT2D eigenvalue weighted by molar-refractivity contribution is 0.0524. The maximum Gasteiger partial charge on any atom is 0.343 e. The summed E-state index contributed by atoms with van der Waals surface area (Å²) in [6.45, 7) is 1.93. The molecule has 0 unspecified atom stereocenters. The number of carbonyl (C=O) groups excluding carboxylic acids is 1. The molecule has 0 spiro atoms. The molecule has 1 N–H and O–H groups in total. The molecule has 0 aliphatic carbocycles. The SMILES string of the molecule is CCOC(=O)c1c[nH]c2c(cnn2C)c1=O. The quantitative estimate of drug-likeness (QED) is 0.746. The first-order chi connectivity index (χ1) is 7.65. The van der Waals surface area contributed by atoms with E-state index in [2.05, 4.69) is 10.1 Å². The molecule has 6 heteroatoms. The van der Waals surface area contributed by atoms with Gasteiger partial charge in [0, 0.05) is 13.2 Å². The highest BCUT2D eigenvalue weighted by Gasteiger charge is 2.15. The molecule has 2 rings (SSSR count). The van der Waals surface area contributed by atoms with Crippen LogP contribution in [0.3, 0.4) is 0 Å². The number of carbonyl (C=O) groups is 1. The van der Waals surface area contributed by atoms with Crippen LogP contribution in [-0.4, -0.2) is 27.3 Å². The van der Waals surface area contributed by atoms with Gasteiger partial charge in [0.2, 0.25) is 5.43 Å². The minimum absolute atomic E-state index is 0.00218. The number of nitrogens with one attached hydrogen (secondary N) is 1. The van der Waals surface area contributed by atoms with E-state index in [1.807, 2.05) is 0 Å². The molecule has 2 aromatic heterocycles. The van der Waals surface area contributed by atoms with Gasteiger partial charge in [-0.15, -0.1) is 0 Å². The summed E-state index contributed by atoms with van der Waals surface area (Å²) in [5.74, 6) is -0.616. The van der Waals surface area contributed by atoms with E-state index in [1.165, 1.54) is 17.1 Å². The maximum absolute atomic E-state index is 11.9. The summed E-state index contributed by atoms with van der Waals surface area (Å²) < 4.78 is 6.31. The summed E-state index contributed by atoms with van der Waals surface area (Å²) in [7, 11) is 1.71. The molecule has 0 saturated heterocycles. The minimum Gasteiger partial charge on any atom is -0.462 e. The van der Waals surface area contributed by atoms with Gasteiger partial charge >= 0.3 is 5.97 Å². The monoisotopic (exact) mass is 221 g/mol. The number of hydrogen-bond acceptors (Lipinski definition) is 4. The lowest BCUT2D eigenvalue weighted by atomic mass is 10.2. The largest absolute Gasteiger partial charge is 0.462 e.